The number of hydrogen-bond donors (Lipinski definition) is 2. The summed E-state index contributed by atoms with van der Waals surface area (Å²) >= 11 is 1.58. The molecule has 0 aliphatic heterocycles. The lowest BCUT2D eigenvalue weighted by molar-refractivity contribution is -0.133. The van der Waals surface area contributed by atoms with Gasteiger partial charge < -0.3 is 19.8 Å². The number of ether oxygens (including phenoxy) is 1. The van der Waals surface area contributed by atoms with E-state index in [4.69, 9.17) is 9.15 Å². The fourth-order valence-electron chi connectivity index (χ4n) is 4.80. The summed E-state index contributed by atoms with van der Waals surface area (Å²) < 4.78 is 39.3. The smallest absolute Gasteiger partial charge is 0.287 e. The van der Waals surface area contributed by atoms with E-state index in [1.165, 1.54) is 0 Å². The van der Waals surface area contributed by atoms with Gasteiger partial charge in [0.2, 0.25) is 11.8 Å². The lowest BCUT2D eigenvalue weighted by Gasteiger charge is -2.39. The van der Waals surface area contributed by atoms with Crippen molar-refractivity contribution < 1.29 is 27.5 Å². The van der Waals surface area contributed by atoms with Gasteiger partial charge in [-0.1, -0.05) is 18.2 Å². The zero-order chi connectivity index (χ0) is 27.1. The highest BCUT2D eigenvalue weighted by Gasteiger charge is 2.53. The van der Waals surface area contributed by atoms with Crippen LogP contribution in [0.5, 0.6) is 5.75 Å². The molecule has 38 heavy (non-hydrogen) atoms. The van der Waals surface area contributed by atoms with Crippen molar-refractivity contribution in [1.29, 1.82) is 5.26 Å². The van der Waals surface area contributed by atoms with E-state index in [9.17, 15) is 23.6 Å². The third-order valence-electron chi connectivity index (χ3n) is 7.40. The topological polar surface area (TPSA) is 104 Å². The van der Waals surface area contributed by atoms with Crippen molar-refractivity contribution in [1.82, 2.24) is 10.6 Å². The van der Waals surface area contributed by atoms with Crippen LogP contribution in [0.15, 0.2) is 51.8 Å². The van der Waals surface area contributed by atoms with Crippen molar-refractivity contribution in [3.8, 4) is 22.9 Å². The van der Waals surface area contributed by atoms with Crippen LogP contribution in [0, 0.1) is 11.3 Å². The molecule has 0 spiro atoms. The van der Waals surface area contributed by atoms with E-state index < -0.39 is 41.7 Å². The van der Waals surface area contributed by atoms with E-state index in [1.54, 1.807) is 24.9 Å². The standard InChI is InChI=1S/C28H27F2N3O4S/c1-36-21-14-18(5-6-23(21)38-2)17-3-4-19-15-22(37-20(19)13-17)24(34)32-27(9-11-28(29,30)12-10-27)25(35)33-26(16-31)7-8-26/h3-6,13-15H,7-12H2,1-2H3,(H,32,34)(H,33,35). The van der Waals surface area contributed by atoms with Gasteiger partial charge >= 0.3 is 0 Å². The number of benzene rings is 2. The first-order valence-electron chi connectivity index (χ1n) is 12.3. The number of furan rings is 1. The minimum Gasteiger partial charge on any atom is -0.496 e. The van der Waals surface area contributed by atoms with Gasteiger partial charge in [0.25, 0.3) is 5.91 Å². The summed E-state index contributed by atoms with van der Waals surface area (Å²) in [7, 11) is 1.62. The number of nitrogens with zero attached hydrogens (tertiary/aromatic N) is 1. The fraction of sp³-hybridized carbons (Fsp3) is 0.393. The van der Waals surface area contributed by atoms with Crippen LogP contribution in [-0.2, 0) is 4.79 Å². The van der Waals surface area contributed by atoms with Gasteiger partial charge in [-0.25, -0.2) is 8.78 Å². The highest BCUT2D eigenvalue weighted by molar-refractivity contribution is 7.98. The van der Waals surface area contributed by atoms with Crippen LogP contribution >= 0.6 is 11.8 Å². The van der Waals surface area contributed by atoms with Crippen LogP contribution in [0.4, 0.5) is 8.78 Å². The van der Waals surface area contributed by atoms with Gasteiger partial charge in [-0.2, -0.15) is 5.26 Å². The van der Waals surface area contributed by atoms with Gasteiger partial charge in [0, 0.05) is 23.1 Å². The van der Waals surface area contributed by atoms with Crippen LogP contribution in [0.2, 0.25) is 0 Å². The molecule has 0 radical (unpaired) electrons. The maximum absolute atomic E-state index is 14.0. The van der Waals surface area contributed by atoms with Crippen LogP contribution in [-0.4, -0.2) is 42.2 Å². The Labute approximate surface area is 222 Å². The Kier molecular flexibility index (Phi) is 6.59. The molecule has 2 aromatic carbocycles. The SMILES string of the molecule is COc1cc(-c2ccc3cc(C(=O)NC4(C(=O)NC5(C#N)CC5)CCC(F)(F)CC4)oc3c2)ccc1SC. The van der Waals surface area contributed by atoms with Gasteiger partial charge in [0.15, 0.2) is 5.76 Å². The molecule has 7 nitrogen and oxygen atoms in total. The molecule has 0 bridgehead atoms. The lowest BCUT2D eigenvalue weighted by Crippen LogP contribution is -2.62. The highest BCUT2D eigenvalue weighted by atomic mass is 32.2. The van der Waals surface area contributed by atoms with Gasteiger partial charge in [-0.15, -0.1) is 11.8 Å². The third-order valence-corrected chi connectivity index (χ3v) is 8.18. The average molecular weight is 540 g/mol. The number of nitriles is 1. The zero-order valence-corrected chi connectivity index (χ0v) is 21.8. The van der Waals surface area contributed by atoms with Crippen molar-refractivity contribution >= 4 is 34.5 Å². The number of methoxy groups -OCH3 is 1. The van der Waals surface area contributed by atoms with Gasteiger partial charge in [-0.05, 0) is 67.3 Å². The molecule has 2 amide bonds. The molecular formula is C28H27F2N3O4S. The van der Waals surface area contributed by atoms with E-state index in [1.807, 2.05) is 42.7 Å². The Morgan fingerprint density at radius 2 is 1.68 bits per heavy atom. The molecule has 10 heteroatoms. The van der Waals surface area contributed by atoms with Crippen molar-refractivity contribution in [2.24, 2.45) is 0 Å². The molecule has 0 atom stereocenters. The summed E-state index contributed by atoms with van der Waals surface area (Å²) in [6.07, 6.45) is 1.40. The van der Waals surface area contributed by atoms with Crippen LogP contribution in [0.25, 0.3) is 22.1 Å². The van der Waals surface area contributed by atoms with Crippen LogP contribution in [0.3, 0.4) is 0 Å². The fourth-order valence-corrected chi connectivity index (χ4v) is 5.34. The maximum Gasteiger partial charge on any atom is 0.287 e. The number of halogens is 2. The number of hydrogen-bond acceptors (Lipinski definition) is 6. The number of carbonyl (C=O) groups is 2. The van der Waals surface area contributed by atoms with E-state index in [2.05, 4.69) is 16.7 Å². The molecule has 2 aliphatic carbocycles. The first-order valence-corrected chi connectivity index (χ1v) is 13.5. The Bertz CT molecular complexity index is 1450. The second kappa shape index (κ2) is 9.62. The number of rotatable bonds is 7. The lowest BCUT2D eigenvalue weighted by atomic mass is 9.78. The normalized spacial score (nSPS) is 18.8. The monoisotopic (exact) mass is 539 g/mol. The first kappa shape index (κ1) is 26.0. The van der Waals surface area contributed by atoms with E-state index in [0.717, 1.165) is 21.8 Å². The molecule has 0 unspecified atom stereocenters. The van der Waals surface area contributed by atoms with Gasteiger partial charge in [-0.3, -0.25) is 9.59 Å². The third kappa shape index (κ3) is 4.95. The minimum atomic E-state index is -2.91. The molecule has 1 heterocycles. The second-order valence-corrected chi connectivity index (χ2v) is 10.8. The van der Waals surface area contributed by atoms with Gasteiger partial charge in [0.05, 0.1) is 13.2 Å². The number of nitrogens with one attached hydrogen (secondary N) is 2. The van der Waals surface area contributed by atoms with E-state index in [-0.39, 0.29) is 18.6 Å². The summed E-state index contributed by atoms with van der Waals surface area (Å²) in [4.78, 5) is 27.5. The summed E-state index contributed by atoms with van der Waals surface area (Å²) in [5, 5.41) is 15.4. The molecule has 2 aliphatic rings. The zero-order valence-electron chi connectivity index (χ0n) is 21.0. The quantitative estimate of drug-likeness (QED) is 0.375. The Morgan fingerprint density at radius 1 is 1.00 bits per heavy atom. The van der Waals surface area contributed by atoms with Crippen molar-refractivity contribution in [3.63, 3.8) is 0 Å². The predicted molar refractivity (Wildman–Crippen MR) is 139 cm³/mol. The number of fused-ring (bicyclic) bond motifs is 1. The van der Waals surface area contributed by atoms with E-state index in [0.29, 0.717) is 23.8 Å². The molecule has 1 aromatic heterocycles. The van der Waals surface area contributed by atoms with Crippen molar-refractivity contribution in [3.05, 3.63) is 48.2 Å². The summed E-state index contributed by atoms with van der Waals surface area (Å²) in [5.74, 6) is -3.47. The number of alkyl halides is 2. The minimum absolute atomic E-state index is 0.0293. The average Bonchev–Trinajstić information content (AvgIpc) is 3.56. The summed E-state index contributed by atoms with van der Waals surface area (Å²) in [6.45, 7) is 0. The highest BCUT2D eigenvalue weighted by Crippen LogP contribution is 2.41. The molecule has 2 fully saturated rings. The van der Waals surface area contributed by atoms with Crippen molar-refractivity contribution in [2.45, 2.75) is 60.4 Å². The Balaban J connectivity index is 1.40. The van der Waals surface area contributed by atoms with Crippen molar-refractivity contribution in [2.75, 3.05) is 13.4 Å². The number of carbonyl (C=O) groups excluding carboxylic acids is 2. The molecule has 5 rings (SSSR count). The number of thioether (sulfide) groups is 1. The largest absolute Gasteiger partial charge is 0.496 e. The van der Waals surface area contributed by atoms with Gasteiger partial charge in [0.1, 0.15) is 22.4 Å². The Morgan fingerprint density at radius 3 is 2.32 bits per heavy atom. The number of amides is 2. The molecular weight excluding hydrogens is 512 g/mol. The molecule has 0 saturated heterocycles. The van der Waals surface area contributed by atoms with Crippen LogP contribution < -0.4 is 15.4 Å². The summed E-state index contributed by atoms with van der Waals surface area (Å²) in [5.41, 5.74) is -0.294. The molecule has 2 N–H and O–H groups in total. The van der Waals surface area contributed by atoms with Crippen LogP contribution in [0.1, 0.15) is 49.1 Å². The molecule has 2 saturated carbocycles. The predicted octanol–water partition coefficient (Wildman–Crippen LogP) is 5.68. The maximum atomic E-state index is 14.0. The van der Waals surface area contributed by atoms with E-state index >= 15 is 0 Å². The summed E-state index contributed by atoms with van der Waals surface area (Å²) in [6, 6.07) is 15.1. The Hall–Kier alpha value is -3.58. The molecule has 198 valence electrons. The molecule has 3 aromatic rings. The second-order valence-electron chi connectivity index (χ2n) is 9.97. The first-order chi connectivity index (χ1) is 18.1.